The van der Waals surface area contributed by atoms with Crippen LogP contribution in [0.3, 0.4) is 0 Å². The number of anilines is 3. The maximum Gasteiger partial charge on any atom is 0.259 e. The van der Waals surface area contributed by atoms with Crippen molar-refractivity contribution in [2.75, 3.05) is 16.8 Å². The van der Waals surface area contributed by atoms with Gasteiger partial charge in [0, 0.05) is 18.4 Å². The Bertz CT molecular complexity index is 868. The van der Waals surface area contributed by atoms with E-state index in [9.17, 15) is 4.79 Å². The van der Waals surface area contributed by atoms with E-state index in [4.69, 9.17) is 11.6 Å². The van der Waals surface area contributed by atoms with Crippen molar-refractivity contribution in [3.8, 4) is 0 Å². The molecule has 0 radical (unpaired) electrons. The Morgan fingerprint density at radius 2 is 1.80 bits per heavy atom. The van der Waals surface area contributed by atoms with E-state index < -0.39 is 0 Å². The number of carbonyl (C=O) groups excluding carboxylic acids is 1. The molecule has 1 heterocycles. The number of amides is 1. The summed E-state index contributed by atoms with van der Waals surface area (Å²) in [6.07, 6.45) is 3.24. The van der Waals surface area contributed by atoms with E-state index in [1.54, 1.807) is 29.4 Å². The van der Waals surface area contributed by atoms with Gasteiger partial charge >= 0.3 is 0 Å². The van der Waals surface area contributed by atoms with E-state index in [1.807, 2.05) is 55.5 Å². The highest BCUT2D eigenvalue weighted by Crippen LogP contribution is 2.25. The second-order valence-electron chi connectivity index (χ2n) is 5.45. The largest absolute Gasteiger partial charge is 0.353 e. The van der Waals surface area contributed by atoms with E-state index >= 15 is 0 Å². The summed E-state index contributed by atoms with van der Waals surface area (Å²) in [5.41, 5.74) is 2.86. The summed E-state index contributed by atoms with van der Waals surface area (Å²) in [5, 5.41) is 3.81. The van der Waals surface area contributed by atoms with E-state index in [0.29, 0.717) is 22.8 Å². The number of hydrogen-bond acceptors (Lipinski definition) is 3. The molecule has 25 heavy (non-hydrogen) atoms. The number of halogens is 1. The average Bonchev–Trinajstić information content (AvgIpc) is 2.65. The molecule has 126 valence electrons. The third kappa shape index (κ3) is 3.98. The molecule has 3 rings (SSSR count). The molecule has 2 aromatic carbocycles. The number of pyridine rings is 1. The third-order valence-electron chi connectivity index (χ3n) is 3.77. The molecule has 0 bridgehead atoms. The van der Waals surface area contributed by atoms with Crippen molar-refractivity contribution in [1.82, 2.24) is 4.98 Å². The van der Waals surface area contributed by atoms with Crippen molar-refractivity contribution < 1.29 is 4.79 Å². The molecule has 1 aromatic heterocycles. The van der Waals surface area contributed by atoms with Gasteiger partial charge in [-0.25, -0.2) is 0 Å². The molecule has 0 aliphatic rings. The zero-order chi connectivity index (χ0) is 17.6. The second-order valence-corrected chi connectivity index (χ2v) is 5.86. The Morgan fingerprint density at radius 1 is 1.08 bits per heavy atom. The van der Waals surface area contributed by atoms with Crippen LogP contribution >= 0.6 is 11.6 Å². The van der Waals surface area contributed by atoms with Crippen LogP contribution in [0, 0.1) is 0 Å². The maximum absolute atomic E-state index is 12.9. The summed E-state index contributed by atoms with van der Waals surface area (Å²) in [4.78, 5) is 18.8. The number of carbonyl (C=O) groups is 1. The smallest absolute Gasteiger partial charge is 0.259 e. The maximum atomic E-state index is 12.9. The minimum Gasteiger partial charge on any atom is -0.353 e. The zero-order valence-electron chi connectivity index (χ0n) is 13.8. The van der Waals surface area contributed by atoms with Crippen LogP contribution in [0.1, 0.15) is 17.3 Å². The predicted octanol–water partition coefficient (Wildman–Crippen LogP) is 5.15. The first-order valence-electron chi connectivity index (χ1n) is 8.02. The minimum atomic E-state index is -0.0935. The van der Waals surface area contributed by atoms with Gasteiger partial charge in [-0.05, 0) is 37.3 Å². The molecular formula is C20H18ClN3O. The van der Waals surface area contributed by atoms with Crippen LogP contribution < -0.4 is 10.2 Å². The molecule has 0 fully saturated rings. The number of nitrogens with one attached hydrogen (secondary N) is 1. The predicted molar refractivity (Wildman–Crippen MR) is 103 cm³/mol. The van der Waals surface area contributed by atoms with Crippen LogP contribution in [0.2, 0.25) is 5.02 Å². The summed E-state index contributed by atoms with van der Waals surface area (Å²) >= 11 is 6.17. The van der Waals surface area contributed by atoms with Crippen LogP contribution in [0.25, 0.3) is 0 Å². The van der Waals surface area contributed by atoms with Gasteiger partial charge in [-0.15, -0.1) is 0 Å². The van der Waals surface area contributed by atoms with Gasteiger partial charge in [0.2, 0.25) is 0 Å². The number of nitrogens with zero attached hydrogens (tertiary/aromatic N) is 2. The Kier molecular flexibility index (Phi) is 5.31. The average molecular weight is 352 g/mol. The highest BCUT2D eigenvalue weighted by atomic mass is 35.5. The second kappa shape index (κ2) is 7.81. The Labute approximate surface area is 152 Å². The van der Waals surface area contributed by atoms with Gasteiger partial charge in [0.05, 0.1) is 28.2 Å². The molecule has 3 aromatic rings. The monoisotopic (exact) mass is 351 g/mol. The molecule has 0 spiro atoms. The Hall–Kier alpha value is -2.85. The van der Waals surface area contributed by atoms with Gasteiger partial charge in [0.1, 0.15) is 0 Å². The number of rotatable bonds is 5. The molecular weight excluding hydrogens is 334 g/mol. The topological polar surface area (TPSA) is 45.2 Å². The highest BCUT2D eigenvalue weighted by Gasteiger charge is 2.16. The van der Waals surface area contributed by atoms with E-state index in [1.165, 1.54) is 0 Å². The van der Waals surface area contributed by atoms with E-state index in [2.05, 4.69) is 10.3 Å². The number of benzene rings is 2. The normalized spacial score (nSPS) is 10.3. The fraction of sp³-hybridized carbons (Fsp3) is 0.100. The summed E-state index contributed by atoms with van der Waals surface area (Å²) in [6, 6.07) is 18.8. The molecule has 0 aliphatic heterocycles. The lowest BCUT2D eigenvalue weighted by atomic mass is 10.2. The van der Waals surface area contributed by atoms with Crippen molar-refractivity contribution in [1.29, 1.82) is 0 Å². The Balaban J connectivity index is 1.85. The van der Waals surface area contributed by atoms with Crippen molar-refractivity contribution in [3.05, 3.63) is 83.6 Å². The van der Waals surface area contributed by atoms with Gasteiger partial charge in [-0.1, -0.05) is 41.9 Å². The summed E-state index contributed by atoms with van der Waals surface area (Å²) < 4.78 is 0. The number of hydrogen-bond donors (Lipinski definition) is 1. The van der Waals surface area contributed by atoms with Crippen LogP contribution in [-0.4, -0.2) is 17.4 Å². The van der Waals surface area contributed by atoms with Crippen LogP contribution in [-0.2, 0) is 0 Å². The number of aromatic nitrogens is 1. The van der Waals surface area contributed by atoms with Crippen molar-refractivity contribution in [3.63, 3.8) is 0 Å². The first-order valence-corrected chi connectivity index (χ1v) is 8.40. The fourth-order valence-corrected chi connectivity index (χ4v) is 2.73. The van der Waals surface area contributed by atoms with Gasteiger partial charge in [0.15, 0.2) is 0 Å². The van der Waals surface area contributed by atoms with Crippen molar-refractivity contribution >= 4 is 34.6 Å². The molecule has 0 unspecified atom stereocenters. The Morgan fingerprint density at radius 3 is 2.52 bits per heavy atom. The molecule has 0 atom stereocenters. The lowest BCUT2D eigenvalue weighted by Gasteiger charge is -2.21. The van der Waals surface area contributed by atoms with Gasteiger partial charge in [-0.3, -0.25) is 9.78 Å². The minimum absolute atomic E-state index is 0.0935. The molecule has 5 heteroatoms. The van der Waals surface area contributed by atoms with Crippen LogP contribution in [0.15, 0.2) is 73.1 Å². The van der Waals surface area contributed by atoms with Crippen LogP contribution in [0.4, 0.5) is 17.1 Å². The molecule has 0 saturated carbocycles. The lowest BCUT2D eigenvalue weighted by molar-refractivity contribution is 0.0988. The molecule has 1 N–H and O–H groups in total. The molecule has 0 saturated heterocycles. The molecule has 0 aliphatic carbocycles. The van der Waals surface area contributed by atoms with Gasteiger partial charge in [0.25, 0.3) is 5.91 Å². The van der Waals surface area contributed by atoms with Crippen LogP contribution in [0.5, 0.6) is 0 Å². The fourth-order valence-electron chi connectivity index (χ4n) is 2.55. The molecule has 1 amide bonds. The van der Waals surface area contributed by atoms with Crippen molar-refractivity contribution in [2.24, 2.45) is 0 Å². The quantitative estimate of drug-likeness (QED) is 0.691. The van der Waals surface area contributed by atoms with Crippen molar-refractivity contribution in [2.45, 2.75) is 6.92 Å². The summed E-state index contributed by atoms with van der Waals surface area (Å²) in [7, 11) is 0. The van der Waals surface area contributed by atoms with E-state index in [0.717, 1.165) is 11.4 Å². The number of para-hydroxylation sites is 2. The van der Waals surface area contributed by atoms with Gasteiger partial charge < -0.3 is 10.2 Å². The SMILES string of the molecule is CCN(C(=O)c1cncc(Nc2ccccc2Cl)c1)c1ccccc1. The standard InChI is InChI=1S/C20H18ClN3O/c1-2-24(17-8-4-3-5-9-17)20(25)15-12-16(14-22-13-15)23-19-11-7-6-10-18(19)21/h3-14,23H,2H2,1H3. The first-order chi connectivity index (χ1) is 12.2. The first kappa shape index (κ1) is 17.0. The molecule has 4 nitrogen and oxygen atoms in total. The third-order valence-corrected chi connectivity index (χ3v) is 4.10. The van der Waals surface area contributed by atoms with Gasteiger partial charge in [-0.2, -0.15) is 0 Å². The lowest BCUT2D eigenvalue weighted by Crippen LogP contribution is -2.30. The highest BCUT2D eigenvalue weighted by molar-refractivity contribution is 6.33. The van der Waals surface area contributed by atoms with E-state index in [-0.39, 0.29) is 5.91 Å². The zero-order valence-corrected chi connectivity index (χ0v) is 14.6. The summed E-state index contributed by atoms with van der Waals surface area (Å²) in [6.45, 7) is 2.52. The summed E-state index contributed by atoms with van der Waals surface area (Å²) in [5.74, 6) is -0.0935.